The second-order valence-electron chi connectivity index (χ2n) is 8.19. The minimum atomic E-state index is -3.17. The molecule has 0 aromatic carbocycles. The van der Waals surface area contributed by atoms with E-state index < -0.39 is 10.0 Å². The molecule has 31 heavy (non-hydrogen) atoms. The Labute approximate surface area is 182 Å². The van der Waals surface area contributed by atoms with Crippen molar-refractivity contribution in [1.29, 1.82) is 0 Å². The molecule has 0 saturated carbocycles. The molecule has 2 N–H and O–H groups in total. The lowest BCUT2D eigenvalue weighted by Crippen LogP contribution is -2.48. The molecule has 0 aliphatic carbocycles. The van der Waals surface area contributed by atoms with Gasteiger partial charge < -0.3 is 10.1 Å². The molecular formula is C20H29N7O3S. The summed E-state index contributed by atoms with van der Waals surface area (Å²) in [5.74, 6) is 1.37. The highest BCUT2D eigenvalue weighted by molar-refractivity contribution is 7.89. The van der Waals surface area contributed by atoms with Crippen LogP contribution < -0.4 is 10.1 Å². The minimum Gasteiger partial charge on any atom is -0.474 e. The predicted octanol–water partition coefficient (Wildman–Crippen LogP) is 2.38. The molecule has 2 atom stereocenters. The summed E-state index contributed by atoms with van der Waals surface area (Å²) in [5, 5.41) is 14.9. The summed E-state index contributed by atoms with van der Waals surface area (Å²) in [7, 11) is -3.17. The Morgan fingerprint density at radius 2 is 2.16 bits per heavy atom. The van der Waals surface area contributed by atoms with Crippen LogP contribution in [0.15, 0.2) is 24.5 Å². The van der Waals surface area contributed by atoms with Crippen molar-refractivity contribution in [2.24, 2.45) is 5.92 Å². The van der Waals surface area contributed by atoms with Crippen LogP contribution >= 0.6 is 0 Å². The fourth-order valence-electron chi connectivity index (χ4n) is 3.86. The van der Waals surface area contributed by atoms with Crippen LogP contribution in [-0.4, -0.2) is 68.5 Å². The van der Waals surface area contributed by atoms with E-state index in [1.54, 1.807) is 21.9 Å². The van der Waals surface area contributed by atoms with Crippen molar-refractivity contribution in [2.75, 3.05) is 24.2 Å². The summed E-state index contributed by atoms with van der Waals surface area (Å²) < 4.78 is 33.8. The number of aromatic nitrogens is 5. The van der Waals surface area contributed by atoms with Crippen LogP contribution in [0.4, 0.5) is 5.95 Å². The molecule has 0 bridgehead atoms. The van der Waals surface area contributed by atoms with Crippen LogP contribution in [0.1, 0.15) is 34.1 Å². The third-order valence-corrected chi connectivity index (χ3v) is 7.40. The van der Waals surface area contributed by atoms with Crippen LogP contribution in [0.2, 0.25) is 0 Å². The molecule has 0 unspecified atom stereocenters. The molecular weight excluding hydrogens is 418 g/mol. The Hall–Kier alpha value is -2.66. The highest BCUT2D eigenvalue weighted by Crippen LogP contribution is 2.31. The molecule has 0 amide bonds. The number of H-pyrrole nitrogens is 1. The third-order valence-electron chi connectivity index (χ3n) is 5.55. The van der Waals surface area contributed by atoms with Gasteiger partial charge in [0, 0.05) is 36.5 Å². The monoisotopic (exact) mass is 447 g/mol. The van der Waals surface area contributed by atoms with Gasteiger partial charge in [-0.05, 0) is 45.2 Å². The molecule has 4 heterocycles. The zero-order valence-corrected chi connectivity index (χ0v) is 19.1. The Kier molecular flexibility index (Phi) is 5.89. The summed E-state index contributed by atoms with van der Waals surface area (Å²) in [5.41, 5.74) is 2.45. The fraction of sp³-hybridized carbons (Fsp3) is 0.550. The van der Waals surface area contributed by atoms with Gasteiger partial charge in [-0.25, -0.2) is 12.7 Å². The second-order valence-corrected chi connectivity index (χ2v) is 10.4. The lowest BCUT2D eigenvalue weighted by atomic mass is 9.95. The van der Waals surface area contributed by atoms with Crippen molar-refractivity contribution in [2.45, 2.75) is 46.3 Å². The maximum atomic E-state index is 12.2. The second kappa shape index (κ2) is 8.46. The summed E-state index contributed by atoms with van der Waals surface area (Å²) in [6, 6.07) is 3.93. The average Bonchev–Trinajstić information content (AvgIpc) is 3.39. The van der Waals surface area contributed by atoms with E-state index in [-0.39, 0.29) is 23.8 Å². The van der Waals surface area contributed by atoms with Gasteiger partial charge in [-0.15, -0.1) is 5.10 Å². The molecule has 1 fully saturated rings. The number of rotatable bonds is 7. The molecule has 1 saturated heterocycles. The van der Waals surface area contributed by atoms with Crippen molar-refractivity contribution in [1.82, 2.24) is 29.1 Å². The Bertz CT molecular complexity index is 1140. The number of nitrogens with zero attached hydrogens (tertiary/aromatic N) is 5. The number of ether oxygens (including phenoxy) is 1. The quantitative estimate of drug-likeness (QED) is 0.571. The van der Waals surface area contributed by atoms with Crippen molar-refractivity contribution in [3.8, 4) is 17.0 Å². The molecule has 0 spiro atoms. The van der Waals surface area contributed by atoms with Crippen LogP contribution in [0, 0.1) is 5.92 Å². The molecule has 168 valence electrons. The van der Waals surface area contributed by atoms with Crippen LogP contribution in [0.5, 0.6) is 5.88 Å². The molecule has 3 aromatic rings. The number of hydrogen-bond acceptors (Lipinski definition) is 7. The summed E-state index contributed by atoms with van der Waals surface area (Å²) in [4.78, 5) is 4.62. The first-order valence-corrected chi connectivity index (χ1v) is 12.2. The number of piperidine rings is 1. The van der Waals surface area contributed by atoms with Gasteiger partial charge in [0.15, 0.2) is 5.65 Å². The largest absolute Gasteiger partial charge is 0.474 e. The number of hydrogen-bond donors (Lipinski definition) is 2. The van der Waals surface area contributed by atoms with Crippen molar-refractivity contribution in [3.05, 3.63) is 24.5 Å². The first kappa shape index (κ1) is 21.6. The summed E-state index contributed by atoms with van der Waals surface area (Å²) >= 11 is 0. The number of fused-ring (bicyclic) bond motifs is 1. The van der Waals surface area contributed by atoms with Gasteiger partial charge >= 0.3 is 0 Å². The highest BCUT2D eigenvalue weighted by Gasteiger charge is 2.32. The van der Waals surface area contributed by atoms with E-state index in [9.17, 15) is 8.42 Å². The van der Waals surface area contributed by atoms with Gasteiger partial charge in [0.2, 0.25) is 21.9 Å². The number of pyridine rings is 1. The van der Waals surface area contributed by atoms with Gasteiger partial charge in [-0.2, -0.15) is 14.6 Å². The van der Waals surface area contributed by atoms with Gasteiger partial charge in [0.1, 0.15) is 0 Å². The van der Waals surface area contributed by atoms with E-state index in [0.29, 0.717) is 37.0 Å². The first-order valence-electron chi connectivity index (χ1n) is 10.6. The zero-order valence-electron chi connectivity index (χ0n) is 18.2. The maximum absolute atomic E-state index is 12.2. The normalized spacial score (nSPS) is 20.4. The van der Waals surface area contributed by atoms with Gasteiger partial charge in [0.25, 0.3) is 0 Å². The molecule has 0 radical (unpaired) electrons. The van der Waals surface area contributed by atoms with Gasteiger partial charge in [-0.3, -0.25) is 5.10 Å². The predicted molar refractivity (Wildman–Crippen MR) is 119 cm³/mol. The average molecular weight is 448 g/mol. The van der Waals surface area contributed by atoms with Gasteiger partial charge in [-0.1, -0.05) is 6.92 Å². The Morgan fingerprint density at radius 3 is 2.81 bits per heavy atom. The highest BCUT2D eigenvalue weighted by atomic mass is 32.2. The SMILES string of the molecule is CCS(=O)(=O)N1CC[C@H](Nc2nc3ccc(-c4cn[nH]c4)c(OC(C)C)n3n2)[C@H](C)C1. The van der Waals surface area contributed by atoms with Crippen LogP contribution in [0.25, 0.3) is 16.8 Å². The van der Waals surface area contributed by atoms with Crippen LogP contribution in [-0.2, 0) is 10.0 Å². The van der Waals surface area contributed by atoms with E-state index in [1.807, 2.05) is 32.2 Å². The third kappa shape index (κ3) is 4.38. The van der Waals surface area contributed by atoms with E-state index in [1.165, 1.54) is 0 Å². The number of aromatic amines is 1. The van der Waals surface area contributed by atoms with E-state index in [2.05, 4.69) is 32.5 Å². The van der Waals surface area contributed by atoms with Crippen molar-refractivity contribution >= 4 is 21.6 Å². The summed E-state index contributed by atoms with van der Waals surface area (Å²) in [6.45, 7) is 8.65. The summed E-state index contributed by atoms with van der Waals surface area (Å²) in [6.07, 6.45) is 4.21. The lowest BCUT2D eigenvalue weighted by Gasteiger charge is -2.36. The van der Waals surface area contributed by atoms with Gasteiger partial charge in [0.05, 0.1) is 18.1 Å². The van der Waals surface area contributed by atoms with E-state index in [0.717, 1.165) is 11.1 Å². The van der Waals surface area contributed by atoms with E-state index >= 15 is 0 Å². The minimum absolute atomic E-state index is 0.0401. The van der Waals surface area contributed by atoms with Crippen molar-refractivity contribution < 1.29 is 13.2 Å². The number of nitrogens with one attached hydrogen (secondary N) is 2. The molecule has 4 rings (SSSR count). The molecule has 11 heteroatoms. The molecule has 1 aliphatic rings. The zero-order chi connectivity index (χ0) is 22.2. The number of sulfonamides is 1. The number of anilines is 1. The molecule has 1 aliphatic heterocycles. The standard InChI is InChI=1S/C20H29N7O3S/c1-5-31(28,29)26-9-8-17(14(4)12-26)23-20-24-18-7-6-16(15-10-21-22-11-15)19(27(18)25-20)30-13(2)3/h6-7,10-11,13-14,17H,5,8-9,12H2,1-4H3,(H,21,22)(H,23,25)/t14-,17+/m1/s1. The lowest BCUT2D eigenvalue weighted by molar-refractivity contribution is 0.228. The van der Waals surface area contributed by atoms with E-state index in [4.69, 9.17) is 4.74 Å². The molecule has 10 nitrogen and oxygen atoms in total. The maximum Gasteiger partial charge on any atom is 0.243 e. The Morgan fingerprint density at radius 1 is 1.35 bits per heavy atom. The Balaban J connectivity index is 1.60. The molecule has 3 aromatic heterocycles. The fourth-order valence-corrected chi connectivity index (χ4v) is 5.07. The topological polar surface area (TPSA) is 118 Å². The van der Waals surface area contributed by atoms with Crippen LogP contribution in [0.3, 0.4) is 0 Å². The smallest absolute Gasteiger partial charge is 0.243 e. The van der Waals surface area contributed by atoms with Crippen molar-refractivity contribution in [3.63, 3.8) is 0 Å². The first-order chi connectivity index (χ1) is 14.8.